The molecule has 7 heteroatoms. The Bertz CT molecular complexity index is 504. The number of carbonyl (C=O) groups excluding carboxylic acids is 3. The molecular formula is C15H20N2O5. The van der Waals surface area contributed by atoms with E-state index in [4.69, 9.17) is 9.47 Å². The quantitative estimate of drug-likeness (QED) is 0.739. The molecule has 1 aromatic carbocycles. The SMILES string of the molecule is CC[C@@H](C)NC(=O)NC(=O)COC(=O)COc1ccccc1. The average Bonchev–Trinajstić information content (AvgIpc) is 2.51. The molecule has 120 valence electrons. The first-order chi connectivity index (χ1) is 10.5. The van der Waals surface area contributed by atoms with Crippen molar-refractivity contribution in [1.82, 2.24) is 10.6 Å². The summed E-state index contributed by atoms with van der Waals surface area (Å²) < 4.78 is 9.86. The zero-order chi connectivity index (χ0) is 16.4. The Morgan fingerprint density at radius 3 is 2.45 bits per heavy atom. The molecule has 0 bridgehead atoms. The number of hydrogen-bond acceptors (Lipinski definition) is 5. The molecule has 0 aromatic heterocycles. The average molecular weight is 308 g/mol. The van der Waals surface area contributed by atoms with E-state index >= 15 is 0 Å². The van der Waals surface area contributed by atoms with Gasteiger partial charge < -0.3 is 14.8 Å². The maximum atomic E-state index is 11.4. The number of rotatable bonds is 7. The third-order valence-corrected chi connectivity index (χ3v) is 2.71. The normalized spacial score (nSPS) is 11.2. The Labute approximate surface area is 129 Å². The number of imide groups is 1. The Morgan fingerprint density at radius 1 is 1.14 bits per heavy atom. The fourth-order valence-electron chi connectivity index (χ4n) is 1.37. The highest BCUT2D eigenvalue weighted by Gasteiger charge is 2.12. The summed E-state index contributed by atoms with van der Waals surface area (Å²) in [6.07, 6.45) is 0.743. The first-order valence-corrected chi connectivity index (χ1v) is 6.95. The summed E-state index contributed by atoms with van der Waals surface area (Å²) >= 11 is 0. The molecule has 0 aliphatic carbocycles. The van der Waals surface area contributed by atoms with Crippen molar-refractivity contribution in [2.75, 3.05) is 13.2 Å². The van der Waals surface area contributed by atoms with Gasteiger partial charge in [0.05, 0.1) is 0 Å². The van der Waals surface area contributed by atoms with Gasteiger partial charge in [0.2, 0.25) is 0 Å². The van der Waals surface area contributed by atoms with Crippen LogP contribution in [0.25, 0.3) is 0 Å². The van der Waals surface area contributed by atoms with Crippen LogP contribution in [0.3, 0.4) is 0 Å². The molecule has 0 heterocycles. The Kier molecular flexibility index (Phi) is 7.45. The van der Waals surface area contributed by atoms with Crippen LogP contribution in [0, 0.1) is 0 Å². The monoisotopic (exact) mass is 308 g/mol. The van der Waals surface area contributed by atoms with Crippen molar-refractivity contribution in [2.24, 2.45) is 0 Å². The first-order valence-electron chi connectivity index (χ1n) is 6.95. The third kappa shape index (κ3) is 7.28. The highest BCUT2D eigenvalue weighted by Crippen LogP contribution is 2.07. The first kappa shape index (κ1) is 17.5. The maximum Gasteiger partial charge on any atom is 0.344 e. The van der Waals surface area contributed by atoms with Gasteiger partial charge in [-0.15, -0.1) is 0 Å². The zero-order valence-corrected chi connectivity index (χ0v) is 12.6. The van der Waals surface area contributed by atoms with Gasteiger partial charge in [0.25, 0.3) is 5.91 Å². The van der Waals surface area contributed by atoms with Crippen molar-refractivity contribution in [3.05, 3.63) is 30.3 Å². The van der Waals surface area contributed by atoms with Gasteiger partial charge in [-0.2, -0.15) is 0 Å². The van der Waals surface area contributed by atoms with Gasteiger partial charge in [0.15, 0.2) is 13.2 Å². The molecule has 1 atom stereocenters. The Balaban J connectivity index is 2.20. The standard InChI is InChI=1S/C15H20N2O5/c1-3-11(2)16-15(20)17-13(18)9-22-14(19)10-21-12-7-5-4-6-8-12/h4-8,11H,3,9-10H2,1-2H3,(H2,16,17,18,20)/t11-/m1/s1. The smallest absolute Gasteiger partial charge is 0.344 e. The van der Waals surface area contributed by atoms with Crippen LogP contribution in [0.1, 0.15) is 20.3 Å². The molecule has 0 aliphatic rings. The van der Waals surface area contributed by atoms with Crippen molar-refractivity contribution < 1.29 is 23.9 Å². The van der Waals surface area contributed by atoms with Gasteiger partial charge in [-0.05, 0) is 25.5 Å². The number of para-hydroxylation sites is 1. The molecule has 3 amide bonds. The highest BCUT2D eigenvalue weighted by molar-refractivity contribution is 5.95. The van der Waals surface area contributed by atoms with Crippen LogP contribution in [0.4, 0.5) is 4.79 Å². The molecule has 22 heavy (non-hydrogen) atoms. The lowest BCUT2D eigenvalue weighted by Gasteiger charge is -2.11. The van der Waals surface area contributed by atoms with Gasteiger partial charge in [0.1, 0.15) is 5.75 Å². The predicted octanol–water partition coefficient (Wildman–Crippen LogP) is 1.23. The summed E-state index contributed by atoms with van der Waals surface area (Å²) in [5.74, 6) is -0.868. The lowest BCUT2D eigenvalue weighted by molar-refractivity contribution is -0.150. The number of benzene rings is 1. The molecule has 7 nitrogen and oxygen atoms in total. The van der Waals surface area contributed by atoms with E-state index in [0.29, 0.717) is 5.75 Å². The number of esters is 1. The molecule has 0 aliphatic heterocycles. The van der Waals surface area contributed by atoms with Gasteiger partial charge in [-0.3, -0.25) is 10.1 Å². The molecular weight excluding hydrogens is 288 g/mol. The largest absolute Gasteiger partial charge is 0.482 e. The van der Waals surface area contributed by atoms with Gasteiger partial charge in [-0.25, -0.2) is 9.59 Å². The molecule has 0 saturated carbocycles. The van der Waals surface area contributed by atoms with E-state index in [-0.39, 0.29) is 12.6 Å². The fourth-order valence-corrected chi connectivity index (χ4v) is 1.37. The van der Waals surface area contributed by atoms with E-state index in [9.17, 15) is 14.4 Å². The number of nitrogens with one attached hydrogen (secondary N) is 2. The van der Waals surface area contributed by atoms with Crippen LogP contribution in [0.15, 0.2) is 30.3 Å². The van der Waals surface area contributed by atoms with E-state index in [1.807, 2.05) is 19.9 Å². The second kappa shape index (κ2) is 9.38. The zero-order valence-electron chi connectivity index (χ0n) is 12.6. The van der Waals surface area contributed by atoms with Crippen LogP contribution in [-0.2, 0) is 14.3 Å². The van der Waals surface area contributed by atoms with Gasteiger partial charge in [-0.1, -0.05) is 25.1 Å². The van der Waals surface area contributed by atoms with Gasteiger partial charge in [0, 0.05) is 6.04 Å². The summed E-state index contributed by atoms with van der Waals surface area (Å²) in [5.41, 5.74) is 0. The summed E-state index contributed by atoms with van der Waals surface area (Å²) in [6.45, 7) is 2.87. The highest BCUT2D eigenvalue weighted by atomic mass is 16.6. The van der Waals surface area contributed by atoms with E-state index in [1.165, 1.54) is 0 Å². The Hall–Kier alpha value is -2.57. The summed E-state index contributed by atoms with van der Waals surface area (Å²) in [6, 6.07) is 8.08. The van der Waals surface area contributed by atoms with Crippen LogP contribution < -0.4 is 15.4 Å². The molecule has 0 fully saturated rings. The molecule has 1 aromatic rings. The van der Waals surface area contributed by atoms with E-state index < -0.39 is 24.5 Å². The van der Waals surface area contributed by atoms with Crippen LogP contribution in [0.5, 0.6) is 5.75 Å². The van der Waals surface area contributed by atoms with E-state index in [0.717, 1.165) is 6.42 Å². The Morgan fingerprint density at radius 2 is 1.82 bits per heavy atom. The lowest BCUT2D eigenvalue weighted by atomic mass is 10.3. The topological polar surface area (TPSA) is 93.7 Å². The van der Waals surface area contributed by atoms with Crippen molar-refractivity contribution in [1.29, 1.82) is 0 Å². The minimum atomic E-state index is -0.700. The van der Waals surface area contributed by atoms with Crippen molar-refractivity contribution >= 4 is 17.9 Å². The molecule has 0 radical (unpaired) electrons. The van der Waals surface area contributed by atoms with Crippen LogP contribution in [0.2, 0.25) is 0 Å². The number of ether oxygens (including phenoxy) is 2. The number of hydrogen-bond donors (Lipinski definition) is 2. The van der Waals surface area contributed by atoms with Crippen LogP contribution >= 0.6 is 0 Å². The molecule has 1 rings (SSSR count). The number of amides is 3. The lowest BCUT2D eigenvalue weighted by Crippen LogP contribution is -2.44. The number of carbonyl (C=O) groups is 3. The van der Waals surface area contributed by atoms with Crippen molar-refractivity contribution in [3.63, 3.8) is 0 Å². The molecule has 2 N–H and O–H groups in total. The summed E-state index contributed by atoms with van der Waals surface area (Å²) in [7, 11) is 0. The van der Waals surface area contributed by atoms with Gasteiger partial charge >= 0.3 is 12.0 Å². The van der Waals surface area contributed by atoms with E-state index in [1.54, 1.807) is 24.3 Å². The summed E-state index contributed by atoms with van der Waals surface area (Å²) in [4.78, 5) is 34.2. The maximum absolute atomic E-state index is 11.4. The summed E-state index contributed by atoms with van der Waals surface area (Å²) in [5, 5.41) is 4.63. The fraction of sp³-hybridized carbons (Fsp3) is 0.400. The molecule has 0 unspecified atom stereocenters. The predicted molar refractivity (Wildman–Crippen MR) is 79.3 cm³/mol. The number of urea groups is 1. The molecule has 0 spiro atoms. The van der Waals surface area contributed by atoms with Crippen molar-refractivity contribution in [2.45, 2.75) is 26.3 Å². The minimum absolute atomic E-state index is 0.0466. The van der Waals surface area contributed by atoms with E-state index in [2.05, 4.69) is 10.6 Å². The van der Waals surface area contributed by atoms with Crippen LogP contribution in [-0.4, -0.2) is 37.2 Å². The minimum Gasteiger partial charge on any atom is -0.482 e. The second-order valence-electron chi connectivity index (χ2n) is 4.59. The second-order valence-corrected chi connectivity index (χ2v) is 4.59. The molecule has 0 saturated heterocycles. The third-order valence-electron chi connectivity index (χ3n) is 2.71. The van der Waals surface area contributed by atoms with Crippen molar-refractivity contribution in [3.8, 4) is 5.75 Å².